The Hall–Kier alpha value is -1.61. The largest absolute Gasteiger partial charge is 0.333 e. The maximum absolute atomic E-state index is 5.80. The number of imidazole rings is 1. The third-order valence-corrected chi connectivity index (χ3v) is 3.81. The Morgan fingerprint density at radius 1 is 1.11 bits per heavy atom. The van der Waals surface area contributed by atoms with Crippen molar-refractivity contribution < 1.29 is 0 Å². The number of aromatic nitrogens is 2. The van der Waals surface area contributed by atoms with Gasteiger partial charge in [0.1, 0.15) is 0 Å². The van der Waals surface area contributed by atoms with Crippen molar-refractivity contribution in [3.05, 3.63) is 40.3 Å². The molecule has 2 N–H and O–H groups in total. The molecule has 0 aliphatic rings. The standard InChI is InChI=1S/C15H21N3/c1-9-6-10(2)12(4)14(11(9)3)15-13(7-16)17-8-18(15)5/h6,8H,7,16H2,1-5H3. The molecule has 0 fully saturated rings. The molecule has 2 rings (SSSR count). The number of rotatable bonds is 2. The lowest BCUT2D eigenvalue weighted by Gasteiger charge is -2.16. The quantitative estimate of drug-likeness (QED) is 0.881. The van der Waals surface area contributed by atoms with Crippen molar-refractivity contribution >= 4 is 0 Å². The molecule has 0 atom stereocenters. The van der Waals surface area contributed by atoms with Crippen molar-refractivity contribution in [1.29, 1.82) is 0 Å². The van der Waals surface area contributed by atoms with E-state index in [2.05, 4.69) is 43.3 Å². The topological polar surface area (TPSA) is 43.8 Å². The Morgan fingerprint density at radius 3 is 2.17 bits per heavy atom. The summed E-state index contributed by atoms with van der Waals surface area (Å²) < 4.78 is 2.07. The summed E-state index contributed by atoms with van der Waals surface area (Å²) in [5.41, 5.74) is 14.5. The first kappa shape index (κ1) is 12.8. The lowest BCUT2D eigenvalue weighted by molar-refractivity contribution is 0.916. The Labute approximate surface area is 109 Å². The van der Waals surface area contributed by atoms with Gasteiger partial charge >= 0.3 is 0 Å². The normalized spacial score (nSPS) is 11.0. The molecule has 1 aromatic carbocycles. The Kier molecular flexibility index (Phi) is 3.26. The molecule has 96 valence electrons. The smallest absolute Gasteiger partial charge is 0.0952 e. The fraction of sp³-hybridized carbons (Fsp3) is 0.400. The van der Waals surface area contributed by atoms with Gasteiger partial charge in [-0.05, 0) is 49.9 Å². The van der Waals surface area contributed by atoms with Gasteiger partial charge in [0.2, 0.25) is 0 Å². The molecular weight excluding hydrogens is 222 g/mol. The van der Waals surface area contributed by atoms with E-state index >= 15 is 0 Å². The van der Waals surface area contributed by atoms with E-state index in [-0.39, 0.29) is 0 Å². The monoisotopic (exact) mass is 243 g/mol. The summed E-state index contributed by atoms with van der Waals surface area (Å²) in [6.45, 7) is 9.13. The van der Waals surface area contributed by atoms with Gasteiger partial charge in [0.25, 0.3) is 0 Å². The van der Waals surface area contributed by atoms with Gasteiger partial charge in [0.05, 0.1) is 17.7 Å². The third-order valence-electron chi connectivity index (χ3n) is 3.81. The van der Waals surface area contributed by atoms with Gasteiger partial charge < -0.3 is 10.3 Å². The molecular formula is C15H21N3. The van der Waals surface area contributed by atoms with Crippen molar-refractivity contribution in [2.45, 2.75) is 34.2 Å². The van der Waals surface area contributed by atoms with Crippen LogP contribution in [0.1, 0.15) is 27.9 Å². The SMILES string of the molecule is Cc1cc(C)c(C)c(-c2c(CN)ncn2C)c1C. The summed E-state index contributed by atoms with van der Waals surface area (Å²) >= 11 is 0. The summed E-state index contributed by atoms with van der Waals surface area (Å²) in [5, 5.41) is 0. The highest BCUT2D eigenvalue weighted by molar-refractivity contribution is 5.72. The molecule has 1 heterocycles. The zero-order valence-corrected chi connectivity index (χ0v) is 11.8. The van der Waals surface area contributed by atoms with Crippen molar-refractivity contribution in [2.24, 2.45) is 12.8 Å². The van der Waals surface area contributed by atoms with Crippen LogP contribution in [0.5, 0.6) is 0 Å². The molecule has 0 amide bonds. The second-order valence-electron chi connectivity index (χ2n) is 4.99. The maximum atomic E-state index is 5.80. The van der Waals surface area contributed by atoms with Crippen LogP contribution in [-0.2, 0) is 13.6 Å². The summed E-state index contributed by atoms with van der Waals surface area (Å²) in [6, 6.07) is 2.24. The first-order valence-electron chi connectivity index (χ1n) is 6.25. The third kappa shape index (κ3) is 1.85. The van der Waals surface area contributed by atoms with Crippen molar-refractivity contribution in [3.63, 3.8) is 0 Å². The number of hydrogen-bond donors (Lipinski definition) is 1. The number of nitrogens with zero attached hydrogens (tertiary/aromatic N) is 2. The minimum atomic E-state index is 0.474. The molecule has 3 heteroatoms. The average molecular weight is 243 g/mol. The summed E-state index contributed by atoms with van der Waals surface area (Å²) in [4.78, 5) is 4.39. The molecule has 1 aromatic heterocycles. The van der Waals surface area contributed by atoms with Gasteiger partial charge in [-0.1, -0.05) is 6.07 Å². The minimum absolute atomic E-state index is 0.474. The molecule has 0 unspecified atom stereocenters. The fourth-order valence-electron chi connectivity index (χ4n) is 2.52. The van der Waals surface area contributed by atoms with E-state index in [1.165, 1.54) is 27.8 Å². The molecule has 0 radical (unpaired) electrons. The minimum Gasteiger partial charge on any atom is -0.333 e. The van der Waals surface area contributed by atoms with Crippen LogP contribution in [0.2, 0.25) is 0 Å². The summed E-state index contributed by atoms with van der Waals surface area (Å²) in [6.07, 6.45) is 1.84. The number of hydrogen-bond acceptors (Lipinski definition) is 2. The number of benzene rings is 1. The zero-order chi connectivity index (χ0) is 13.4. The van der Waals surface area contributed by atoms with E-state index in [0.29, 0.717) is 6.54 Å². The van der Waals surface area contributed by atoms with Crippen LogP contribution in [0.3, 0.4) is 0 Å². The predicted octanol–water partition coefficient (Wildman–Crippen LogP) is 2.78. The lowest BCUT2D eigenvalue weighted by Crippen LogP contribution is -2.04. The molecule has 0 bridgehead atoms. The Morgan fingerprint density at radius 2 is 1.67 bits per heavy atom. The van der Waals surface area contributed by atoms with Crippen LogP contribution in [0, 0.1) is 27.7 Å². The highest BCUT2D eigenvalue weighted by Crippen LogP contribution is 2.32. The zero-order valence-electron chi connectivity index (χ0n) is 11.8. The molecule has 0 aliphatic carbocycles. The van der Waals surface area contributed by atoms with E-state index in [1.54, 1.807) is 0 Å². The first-order chi connectivity index (χ1) is 8.47. The van der Waals surface area contributed by atoms with Crippen LogP contribution in [0.15, 0.2) is 12.4 Å². The van der Waals surface area contributed by atoms with E-state index in [9.17, 15) is 0 Å². The molecule has 0 saturated carbocycles. The van der Waals surface area contributed by atoms with E-state index in [1.807, 2.05) is 13.4 Å². The molecule has 0 aliphatic heterocycles. The van der Waals surface area contributed by atoms with Gasteiger partial charge in [0.15, 0.2) is 0 Å². The molecule has 3 nitrogen and oxygen atoms in total. The van der Waals surface area contributed by atoms with Crippen molar-refractivity contribution in [3.8, 4) is 11.3 Å². The summed E-state index contributed by atoms with van der Waals surface area (Å²) in [7, 11) is 2.03. The van der Waals surface area contributed by atoms with Crippen LogP contribution < -0.4 is 5.73 Å². The van der Waals surface area contributed by atoms with Gasteiger partial charge in [-0.3, -0.25) is 0 Å². The van der Waals surface area contributed by atoms with Crippen LogP contribution in [0.25, 0.3) is 11.3 Å². The fourth-order valence-corrected chi connectivity index (χ4v) is 2.52. The van der Waals surface area contributed by atoms with Gasteiger partial charge in [0, 0.05) is 19.2 Å². The van der Waals surface area contributed by atoms with E-state index in [0.717, 1.165) is 11.4 Å². The molecule has 18 heavy (non-hydrogen) atoms. The second-order valence-corrected chi connectivity index (χ2v) is 4.99. The lowest BCUT2D eigenvalue weighted by atomic mass is 9.91. The van der Waals surface area contributed by atoms with Crippen molar-refractivity contribution in [1.82, 2.24) is 9.55 Å². The van der Waals surface area contributed by atoms with E-state index in [4.69, 9.17) is 5.73 Å². The summed E-state index contributed by atoms with van der Waals surface area (Å²) in [5.74, 6) is 0. The van der Waals surface area contributed by atoms with Crippen molar-refractivity contribution in [2.75, 3.05) is 0 Å². The Bertz CT molecular complexity index is 568. The molecule has 0 saturated heterocycles. The van der Waals surface area contributed by atoms with E-state index < -0.39 is 0 Å². The molecule has 0 spiro atoms. The van der Waals surface area contributed by atoms with Gasteiger partial charge in [-0.2, -0.15) is 0 Å². The highest BCUT2D eigenvalue weighted by atomic mass is 15.0. The van der Waals surface area contributed by atoms with Crippen LogP contribution >= 0.6 is 0 Å². The van der Waals surface area contributed by atoms with Crippen LogP contribution in [-0.4, -0.2) is 9.55 Å². The second kappa shape index (κ2) is 4.58. The molecule has 2 aromatic rings. The highest BCUT2D eigenvalue weighted by Gasteiger charge is 2.17. The average Bonchev–Trinajstić information content (AvgIpc) is 2.69. The predicted molar refractivity (Wildman–Crippen MR) is 75.5 cm³/mol. The Balaban J connectivity index is 2.82. The number of nitrogens with two attached hydrogens (primary N) is 1. The van der Waals surface area contributed by atoms with Crippen LogP contribution in [0.4, 0.5) is 0 Å². The first-order valence-corrected chi connectivity index (χ1v) is 6.25. The van der Waals surface area contributed by atoms with Gasteiger partial charge in [-0.15, -0.1) is 0 Å². The maximum Gasteiger partial charge on any atom is 0.0952 e. The van der Waals surface area contributed by atoms with Gasteiger partial charge in [-0.25, -0.2) is 4.98 Å². The number of aryl methyl sites for hydroxylation is 3.